The fourth-order valence-corrected chi connectivity index (χ4v) is 1.47. The Labute approximate surface area is 113 Å². The van der Waals surface area contributed by atoms with Crippen molar-refractivity contribution >= 4 is 17.6 Å². The van der Waals surface area contributed by atoms with Crippen LogP contribution in [0.5, 0.6) is 0 Å². The van der Waals surface area contributed by atoms with Gasteiger partial charge in [-0.2, -0.15) is 0 Å². The second kappa shape index (κ2) is 8.10. The molecule has 0 fully saturated rings. The molecule has 19 heavy (non-hydrogen) atoms. The van der Waals surface area contributed by atoms with Crippen LogP contribution in [0.3, 0.4) is 0 Å². The van der Waals surface area contributed by atoms with Crippen molar-refractivity contribution in [2.24, 2.45) is 10.7 Å². The molecule has 0 spiro atoms. The lowest BCUT2D eigenvalue weighted by molar-refractivity contribution is -0.114. The standard InChI is InChI=1S/C13H20N4O2/c1-10(9-19-2)16-13(14)15-8-12(18)17-11-6-4-3-5-7-11/h3-7,10H,8-9H2,1-2H3,(H,17,18)(H3,14,15,16). The Bertz CT molecular complexity index is 420. The van der Waals surface area contributed by atoms with E-state index < -0.39 is 0 Å². The van der Waals surface area contributed by atoms with Crippen molar-refractivity contribution < 1.29 is 9.53 Å². The zero-order valence-corrected chi connectivity index (χ0v) is 11.2. The molecule has 1 aromatic carbocycles. The van der Waals surface area contributed by atoms with Crippen molar-refractivity contribution in [3.63, 3.8) is 0 Å². The number of nitrogens with two attached hydrogens (primary N) is 1. The van der Waals surface area contributed by atoms with Crippen LogP contribution >= 0.6 is 0 Å². The van der Waals surface area contributed by atoms with E-state index in [0.29, 0.717) is 6.61 Å². The molecule has 0 saturated carbocycles. The number of ether oxygens (including phenoxy) is 1. The van der Waals surface area contributed by atoms with Gasteiger partial charge < -0.3 is 21.1 Å². The fourth-order valence-electron chi connectivity index (χ4n) is 1.47. The fraction of sp³-hybridized carbons (Fsp3) is 0.385. The maximum absolute atomic E-state index is 11.6. The summed E-state index contributed by atoms with van der Waals surface area (Å²) in [5, 5.41) is 5.64. The molecule has 1 atom stereocenters. The lowest BCUT2D eigenvalue weighted by Gasteiger charge is -2.12. The Kier molecular flexibility index (Phi) is 6.38. The van der Waals surface area contributed by atoms with E-state index in [1.54, 1.807) is 7.11 Å². The number of aliphatic imine (C=N–C) groups is 1. The van der Waals surface area contributed by atoms with Gasteiger partial charge >= 0.3 is 0 Å². The van der Waals surface area contributed by atoms with E-state index in [1.165, 1.54) is 0 Å². The van der Waals surface area contributed by atoms with Crippen molar-refractivity contribution in [2.75, 3.05) is 25.6 Å². The van der Waals surface area contributed by atoms with Crippen molar-refractivity contribution in [2.45, 2.75) is 13.0 Å². The molecule has 0 saturated heterocycles. The molecule has 0 aliphatic rings. The van der Waals surface area contributed by atoms with Crippen molar-refractivity contribution in [3.8, 4) is 0 Å². The Hall–Kier alpha value is -2.08. The highest BCUT2D eigenvalue weighted by atomic mass is 16.5. The minimum absolute atomic E-state index is 0.0204. The molecular formula is C13H20N4O2. The summed E-state index contributed by atoms with van der Waals surface area (Å²) in [6.07, 6.45) is 0. The number of carbonyl (C=O) groups is 1. The second-order valence-electron chi connectivity index (χ2n) is 4.12. The minimum atomic E-state index is -0.213. The number of hydrogen-bond acceptors (Lipinski definition) is 3. The van der Waals surface area contributed by atoms with Gasteiger partial charge in [0, 0.05) is 18.8 Å². The number of methoxy groups -OCH3 is 1. The number of para-hydroxylation sites is 1. The number of nitrogens with one attached hydrogen (secondary N) is 2. The number of benzene rings is 1. The summed E-state index contributed by atoms with van der Waals surface area (Å²) in [6, 6.07) is 9.24. The van der Waals surface area contributed by atoms with E-state index in [2.05, 4.69) is 15.6 Å². The van der Waals surface area contributed by atoms with E-state index >= 15 is 0 Å². The number of carbonyl (C=O) groups excluding carboxylic acids is 1. The van der Waals surface area contributed by atoms with Crippen molar-refractivity contribution in [1.29, 1.82) is 0 Å². The average Bonchev–Trinajstić information content (AvgIpc) is 2.38. The van der Waals surface area contributed by atoms with E-state index in [-0.39, 0.29) is 24.5 Å². The molecule has 0 heterocycles. The van der Waals surface area contributed by atoms with Gasteiger partial charge in [-0.1, -0.05) is 18.2 Å². The van der Waals surface area contributed by atoms with Gasteiger partial charge in [0.05, 0.1) is 6.61 Å². The van der Waals surface area contributed by atoms with E-state index in [4.69, 9.17) is 10.5 Å². The summed E-state index contributed by atoms with van der Waals surface area (Å²) in [4.78, 5) is 15.6. The monoisotopic (exact) mass is 264 g/mol. The van der Waals surface area contributed by atoms with Gasteiger partial charge in [-0.25, -0.2) is 4.99 Å². The van der Waals surface area contributed by atoms with Gasteiger partial charge in [-0.15, -0.1) is 0 Å². The van der Waals surface area contributed by atoms with Crippen molar-refractivity contribution in [3.05, 3.63) is 30.3 Å². The molecule has 0 radical (unpaired) electrons. The third-order valence-corrected chi connectivity index (χ3v) is 2.26. The number of nitrogens with zero attached hydrogens (tertiary/aromatic N) is 1. The molecule has 104 valence electrons. The molecule has 1 aromatic rings. The molecule has 6 heteroatoms. The number of guanidine groups is 1. The van der Waals surface area contributed by atoms with Crippen LogP contribution in [0, 0.1) is 0 Å². The molecule has 1 rings (SSSR count). The van der Waals surface area contributed by atoms with E-state index in [1.807, 2.05) is 37.3 Å². The van der Waals surface area contributed by atoms with Crippen LogP contribution in [0.15, 0.2) is 35.3 Å². The molecule has 0 aromatic heterocycles. The van der Waals surface area contributed by atoms with Gasteiger partial charge in [-0.3, -0.25) is 4.79 Å². The van der Waals surface area contributed by atoms with E-state index in [9.17, 15) is 4.79 Å². The largest absolute Gasteiger partial charge is 0.383 e. The molecule has 1 unspecified atom stereocenters. The Morgan fingerprint density at radius 1 is 1.42 bits per heavy atom. The number of rotatable bonds is 6. The van der Waals surface area contributed by atoms with Crippen LogP contribution in [0.4, 0.5) is 5.69 Å². The zero-order valence-electron chi connectivity index (χ0n) is 11.2. The second-order valence-corrected chi connectivity index (χ2v) is 4.12. The van der Waals surface area contributed by atoms with Crippen LogP contribution < -0.4 is 16.4 Å². The smallest absolute Gasteiger partial charge is 0.246 e. The average molecular weight is 264 g/mol. The van der Waals surface area contributed by atoms with Gasteiger partial charge in [0.15, 0.2) is 5.96 Å². The SMILES string of the molecule is COCC(C)NC(N)=NCC(=O)Nc1ccccc1. The maximum Gasteiger partial charge on any atom is 0.246 e. The lowest BCUT2D eigenvalue weighted by Crippen LogP contribution is -2.41. The normalized spacial score (nSPS) is 12.8. The summed E-state index contributed by atoms with van der Waals surface area (Å²) < 4.78 is 4.96. The number of anilines is 1. The molecule has 0 aliphatic heterocycles. The third kappa shape index (κ3) is 6.42. The Morgan fingerprint density at radius 3 is 2.74 bits per heavy atom. The topological polar surface area (TPSA) is 88.7 Å². The highest BCUT2D eigenvalue weighted by molar-refractivity contribution is 5.93. The molecule has 4 N–H and O–H groups in total. The van der Waals surface area contributed by atoms with Crippen LogP contribution in [0.2, 0.25) is 0 Å². The summed E-state index contributed by atoms with van der Waals surface area (Å²) in [5.74, 6) is 0.0168. The molecule has 6 nitrogen and oxygen atoms in total. The molecule has 1 amide bonds. The van der Waals surface area contributed by atoms with E-state index in [0.717, 1.165) is 5.69 Å². The summed E-state index contributed by atoms with van der Waals surface area (Å²) >= 11 is 0. The first-order chi connectivity index (χ1) is 9.11. The number of amides is 1. The molecular weight excluding hydrogens is 244 g/mol. The highest BCUT2D eigenvalue weighted by Crippen LogP contribution is 2.04. The third-order valence-electron chi connectivity index (χ3n) is 2.26. The molecule has 0 aliphatic carbocycles. The van der Waals surface area contributed by atoms with Gasteiger partial charge in [0.1, 0.15) is 6.54 Å². The quantitative estimate of drug-likeness (QED) is 0.517. The first-order valence-electron chi connectivity index (χ1n) is 6.02. The first-order valence-corrected chi connectivity index (χ1v) is 6.02. The van der Waals surface area contributed by atoms with Gasteiger partial charge in [0.2, 0.25) is 5.91 Å². The van der Waals surface area contributed by atoms with Crippen LogP contribution in [0.1, 0.15) is 6.92 Å². The van der Waals surface area contributed by atoms with Crippen LogP contribution in [-0.2, 0) is 9.53 Å². The van der Waals surface area contributed by atoms with Crippen molar-refractivity contribution in [1.82, 2.24) is 5.32 Å². The Balaban J connectivity index is 2.36. The number of hydrogen-bond donors (Lipinski definition) is 3. The van der Waals surface area contributed by atoms with Crippen LogP contribution in [0.25, 0.3) is 0 Å². The lowest BCUT2D eigenvalue weighted by atomic mass is 10.3. The summed E-state index contributed by atoms with van der Waals surface area (Å²) in [5.41, 5.74) is 6.39. The molecule has 0 bridgehead atoms. The maximum atomic E-state index is 11.6. The minimum Gasteiger partial charge on any atom is -0.383 e. The Morgan fingerprint density at radius 2 is 2.11 bits per heavy atom. The predicted molar refractivity (Wildman–Crippen MR) is 76.0 cm³/mol. The van der Waals surface area contributed by atoms with Gasteiger partial charge in [0.25, 0.3) is 0 Å². The summed E-state index contributed by atoms with van der Waals surface area (Å²) in [7, 11) is 1.61. The summed E-state index contributed by atoms with van der Waals surface area (Å²) in [6.45, 7) is 2.41. The predicted octanol–water partition coefficient (Wildman–Crippen LogP) is 0.564. The first kappa shape index (κ1) is 15.0. The van der Waals surface area contributed by atoms with Gasteiger partial charge in [-0.05, 0) is 19.1 Å². The zero-order chi connectivity index (χ0) is 14.1. The highest BCUT2D eigenvalue weighted by Gasteiger charge is 2.03. The van der Waals surface area contributed by atoms with Crippen LogP contribution in [-0.4, -0.2) is 38.2 Å².